The second-order valence-electron chi connectivity index (χ2n) is 28.7. The van der Waals surface area contributed by atoms with Crippen LogP contribution in [-0.2, 0) is 37.9 Å². The maximum atomic E-state index is 7.65. The van der Waals surface area contributed by atoms with Crippen molar-refractivity contribution in [1.82, 2.24) is 0 Å². The Morgan fingerprint density at radius 3 is 1.40 bits per heavy atom. The van der Waals surface area contributed by atoms with Crippen LogP contribution in [0.25, 0.3) is 11.0 Å². The van der Waals surface area contributed by atoms with Gasteiger partial charge >= 0.3 is 0 Å². The Morgan fingerprint density at radius 2 is 0.900 bits per heavy atom. The maximum Gasteiger partial charge on any atom is 0.257 e. The van der Waals surface area contributed by atoms with E-state index in [4.69, 9.17) is 4.42 Å². The zero-order chi connectivity index (χ0) is 49.8. The topological polar surface area (TPSA) is 19.6 Å². The van der Waals surface area contributed by atoms with Crippen LogP contribution in [0, 0.1) is 0 Å². The van der Waals surface area contributed by atoms with Gasteiger partial charge in [-0.1, -0.05) is 136 Å². The second-order valence-corrected chi connectivity index (χ2v) is 28.7. The van der Waals surface area contributed by atoms with Gasteiger partial charge in [0.1, 0.15) is 5.58 Å². The van der Waals surface area contributed by atoms with Crippen LogP contribution >= 0.6 is 0 Å². The van der Waals surface area contributed by atoms with Crippen molar-refractivity contribution in [3.05, 3.63) is 123 Å². The van der Waals surface area contributed by atoms with E-state index in [2.05, 4.69) is 200 Å². The molecular formula is C66H81BN2O. The van der Waals surface area contributed by atoms with E-state index in [-0.39, 0.29) is 44.6 Å². The van der Waals surface area contributed by atoms with Crippen molar-refractivity contribution in [1.29, 1.82) is 0 Å². The fourth-order valence-corrected chi connectivity index (χ4v) is 14.7. The van der Waals surface area contributed by atoms with Gasteiger partial charge < -0.3 is 9.32 Å². The molecule has 0 saturated heterocycles. The summed E-state index contributed by atoms with van der Waals surface area (Å²) in [6.45, 7) is 41.8. The highest BCUT2D eigenvalue weighted by atomic mass is 16.4. The molecule has 1 aromatic heterocycles. The van der Waals surface area contributed by atoms with Crippen molar-refractivity contribution < 1.29 is 4.42 Å². The second kappa shape index (κ2) is 14.5. The van der Waals surface area contributed by atoms with E-state index in [0.717, 1.165) is 11.5 Å². The molecule has 0 radical (unpaired) electrons. The molecule has 0 fully saturated rings. The summed E-state index contributed by atoms with van der Waals surface area (Å²) in [5.74, 6) is 2.01. The molecule has 12 rings (SSSR count). The number of nitrogens with zero attached hydrogens (tertiary/aromatic N) is 2. The Hall–Kier alpha value is -4.70. The third-order valence-electron chi connectivity index (χ3n) is 20.0. The van der Waals surface area contributed by atoms with Crippen molar-refractivity contribution >= 4 is 68.4 Å². The van der Waals surface area contributed by atoms with Gasteiger partial charge in [0.15, 0.2) is 0 Å². The van der Waals surface area contributed by atoms with Gasteiger partial charge in [-0.05, 0) is 217 Å². The molecule has 2 atom stereocenters. The lowest BCUT2D eigenvalue weighted by atomic mass is 9.33. The SMILES string of the molecule is CC1CCC(C)c2cc3c4c(oc3cc21)N(c1ccc2c(c1)C(C)(C)CCC2(C)C)c1cc(C(C)(C)C)cc2c1B4c1cc3c(cc1N2c1ccc2c(c1)C(C)(C)CCC2(C)C)C(C)(C)CCC3(C)C. The van der Waals surface area contributed by atoms with Crippen LogP contribution in [-0.4, -0.2) is 6.71 Å². The van der Waals surface area contributed by atoms with Crippen LogP contribution in [0.15, 0.2) is 77.2 Å². The molecule has 3 heterocycles. The van der Waals surface area contributed by atoms with Crippen LogP contribution in [0.4, 0.5) is 34.3 Å². The molecule has 0 bridgehead atoms. The van der Waals surface area contributed by atoms with E-state index in [1.807, 2.05) is 0 Å². The van der Waals surface area contributed by atoms with Crippen molar-refractivity contribution in [3.8, 4) is 0 Å². The van der Waals surface area contributed by atoms with E-state index in [1.54, 1.807) is 0 Å². The minimum atomic E-state index is -0.121. The highest BCUT2D eigenvalue weighted by Gasteiger charge is 2.50. The number of hydrogen-bond donors (Lipinski definition) is 0. The predicted octanol–water partition coefficient (Wildman–Crippen LogP) is 16.9. The Labute approximate surface area is 422 Å². The highest BCUT2D eigenvalue weighted by molar-refractivity contribution is 7.01. The molecule has 70 heavy (non-hydrogen) atoms. The number of hydrogen-bond acceptors (Lipinski definition) is 3. The van der Waals surface area contributed by atoms with E-state index < -0.39 is 0 Å². The van der Waals surface area contributed by atoms with Crippen LogP contribution < -0.4 is 26.2 Å². The minimum Gasteiger partial charge on any atom is -0.440 e. The van der Waals surface area contributed by atoms with Crippen molar-refractivity contribution in [2.75, 3.05) is 9.80 Å². The molecule has 0 spiro atoms. The van der Waals surface area contributed by atoms with E-state index in [0.29, 0.717) is 11.8 Å². The summed E-state index contributed by atoms with van der Waals surface area (Å²) < 4.78 is 7.65. The monoisotopic (exact) mass is 929 g/mol. The molecule has 0 amide bonds. The van der Waals surface area contributed by atoms with Gasteiger partial charge in [0.05, 0.1) is 0 Å². The molecule has 5 aromatic carbocycles. The first-order valence-electron chi connectivity index (χ1n) is 27.5. The van der Waals surface area contributed by atoms with Crippen LogP contribution in [0.5, 0.6) is 0 Å². The van der Waals surface area contributed by atoms with E-state index >= 15 is 0 Å². The third-order valence-corrected chi connectivity index (χ3v) is 20.0. The summed E-state index contributed by atoms with van der Waals surface area (Å²) >= 11 is 0. The summed E-state index contributed by atoms with van der Waals surface area (Å²) in [5.41, 5.74) is 25.2. The van der Waals surface area contributed by atoms with Gasteiger partial charge in [-0.3, -0.25) is 4.90 Å². The Bertz CT molecular complexity index is 3220. The summed E-state index contributed by atoms with van der Waals surface area (Å²) in [5, 5.41) is 1.29. The van der Waals surface area contributed by atoms with Crippen molar-refractivity contribution in [3.63, 3.8) is 0 Å². The predicted molar refractivity (Wildman–Crippen MR) is 301 cm³/mol. The Balaban J connectivity index is 1.24. The maximum absolute atomic E-state index is 7.65. The first-order valence-corrected chi connectivity index (χ1v) is 27.5. The standard InChI is InChI=1S/C66H81BN2O/c1-38-18-19-39(2)44-35-56-45(34-43(38)44)57-59(70-56)69(42-21-23-47-49(33-42)64(12,13)27-25-62(47,8)9)55-31-40(60(3,4)5)30-54-58(55)67(57)52-36-50-51(66(16,17)29-28-65(50,14)15)37-53(52)68(54)41-20-22-46-48(32-41)63(10,11)26-24-61(46,6)7/h20-23,30-39H,18-19,24-29H2,1-17H3. The molecule has 6 aromatic rings. The molecule has 0 saturated carbocycles. The van der Waals surface area contributed by atoms with Gasteiger partial charge in [0, 0.05) is 39.3 Å². The number of rotatable bonds is 2. The zero-order valence-corrected chi connectivity index (χ0v) is 46.1. The average Bonchev–Trinajstić information content (AvgIpc) is 3.66. The molecule has 0 N–H and O–H groups in total. The molecule has 4 heteroatoms. The summed E-state index contributed by atoms with van der Waals surface area (Å²) in [6, 6.07) is 30.7. The normalized spacial score (nSPS) is 23.6. The summed E-state index contributed by atoms with van der Waals surface area (Å²) in [6.07, 6.45) is 9.54. The number of furan rings is 1. The fourth-order valence-electron chi connectivity index (χ4n) is 14.7. The first-order chi connectivity index (χ1) is 32.6. The smallest absolute Gasteiger partial charge is 0.257 e. The lowest BCUT2D eigenvalue weighted by Crippen LogP contribution is -2.61. The lowest BCUT2D eigenvalue weighted by Gasteiger charge is -2.48. The quantitative estimate of drug-likeness (QED) is 0.161. The first kappa shape index (κ1) is 46.4. The van der Waals surface area contributed by atoms with E-state index in [9.17, 15) is 0 Å². The largest absolute Gasteiger partial charge is 0.440 e. The van der Waals surface area contributed by atoms with Crippen LogP contribution in [0.2, 0.25) is 0 Å². The third kappa shape index (κ3) is 6.58. The molecule has 3 nitrogen and oxygen atoms in total. The fraction of sp³-hybridized carbons (Fsp3) is 0.515. The lowest BCUT2D eigenvalue weighted by molar-refractivity contribution is 0.332. The van der Waals surface area contributed by atoms with Gasteiger partial charge in [0.25, 0.3) is 6.71 Å². The molecule has 4 aliphatic carbocycles. The number of benzene rings is 5. The van der Waals surface area contributed by atoms with Crippen molar-refractivity contribution in [2.24, 2.45) is 0 Å². The molecular weight excluding hydrogens is 848 g/mol. The van der Waals surface area contributed by atoms with Crippen molar-refractivity contribution in [2.45, 2.75) is 219 Å². The Kier molecular flexibility index (Phi) is 9.61. The highest BCUT2D eigenvalue weighted by Crippen LogP contribution is 2.55. The van der Waals surface area contributed by atoms with Gasteiger partial charge in [-0.25, -0.2) is 0 Å². The molecule has 2 aliphatic heterocycles. The zero-order valence-electron chi connectivity index (χ0n) is 46.1. The Morgan fingerprint density at radius 1 is 0.471 bits per heavy atom. The van der Waals surface area contributed by atoms with Crippen LogP contribution in [0.3, 0.4) is 0 Å². The molecule has 2 unspecified atom stereocenters. The van der Waals surface area contributed by atoms with Crippen LogP contribution in [0.1, 0.15) is 231 Å². The van der Waals surface area contributed by atoms with E-state index in [1.165, 1.54) is 152 Å². The van der Waals surface area contributed by atoms with Gasteiger partial charge in [-0.2, -0.15) is 0 Å². The summed E-state index contributed by atoms with van der Waals surface area (Å²) in [7, 11) is 0. The summed E-state index contributed by atoms with van der Waals surface area (Å²) in [4.78, 5) is 5.34. The molecule has 6 aliphatic rings. The minimum absolute atomic E-state index is 0.0284. The number of anilines is 6. The molecule has 364 valence electrons. The average molecular weight is 929 g/mol. The van der Waals surface area contributed by atoms with Gasteiger partial charge in [0.2, 0.25) is 5.88 Å². The van der Waals surface area contributed by atoms with Gasteiger partial charge in [-0.15, -0.1) is 0 Å². The number of fused-ring (bicyclic) bond motifs is 10.